The van der Waals surface area contributed by atoms with Crippen LogP contribution in [0.25, 0.3) is 0 Å². The molecule has 1 aliphatic carbocycles. The molecule has 2 heteroatoms. The molecule has 0 aromatic heterocycles. The second kappa shape index (κ2) is 5.98. The van der Waals surface area contributed by atoms with Crippen LogP contribution in [-0.2, 0) is 6.42 Å². The molecular formula is C19H22FN. The summed E-state index contributed by atoms with van der Waals surface area (Å²) in [6.07, 6.45) is 5.02. The normalized spacial score (nSPS) is 25.7. The summed E-state index contributed by atoms with van der Waals surface area (Å²) in [6, 6.07) is 17.5. The molecule has 2 aromatic carbocycles. The first-order chi connectivity index (χ1) is 10.1. The molecule has 2 N–H and O–H groups in total. The van der Waals surface area contributed by atoms with Gasteiger partial charge in [0.15, 0.2) is 0 Å². The van der Waals surface area contributed by atoms with Gasteiger partial charge in [0.25, 0.3) is 0 Å². The van der Waals surface area contributed by atoms with Gasteiger partial charge in [-0.2, -0.15) is 0 Å². The Balaban J connectivity index is 1.64. The highest BCUT2D eigenvalue weighted by Gasteiger charge is 2.32. The number of halogens is 1. The first kappa shape index (κ1) is 14.3. The minimum absolute atomic E-state index is 0.172. The van der Waals surface area contributed by atoms with Crippen LogP contribution in [0.1, 0.15) is 42.7 Å². The molecule has 0 saturated heterocycles. The topological polar surface area (TPSA) is 26.0 Å². The largest absolute Gasteiger partial charge is 0.325 e. The Morgan fingerprint density at radius 1 is 1.00 bits per heavy atom. The summed E-state index contributed by atoms with van der Waals surface area (Å²) in [5.41, 5.74) is 8.81. The zero-order chi connectivity index (χ0) is 14.7. The number of rotatable bonds is 3. The van der Waals surface area contributed by atoms with E-state index in [1.165, 1.54) is 11.6 Å². The predicted octanol–water partition coefficient (Wildman–Crippen LogP) is 4.42. The van der Waals surface area contributed by atoms with Crippen LogP contribution in [0.4, 0.5) is 4.39 Å². The molecule has 0 amide bonds. The van der Waals surface area contributed by atoms with E-state index in [9.17, 15) is 4.39 Å². The summed E-state index contributed by atoms with van der Waals surface area (Å²) in [5, 5.41) is 0. The molecule has 1 saturated carbocycles. The second-order valence-electron chi connectivity index (χ2n) is 6.35. The van der Waals surface area contributed by atoms with Crippen LogP contribution in [-0.4, -0.2) is 5.54 Å². The average molecular weight is 283 g/mol. The van der Waals surface area contributed by atoms with E-state index < -0.39 is 0 Å². The van der Waals surface area contributed by atoms with Crippen molar-refractivity contribution in [3.63, 3.8) is 0 Å². The lowest BCUT2D eigenvalue weighted by Crippen LogP contribution is -2.45. The van der Waals surface area contributed by atoms with Crippen molar-refractivity contribution >= 4 is 0 Å². The number of hydrogen-bond acceptors (Lipinski definition) is 1. The summed E-state index contributed by atoms with van der Waals surface area (Å²) >= 11 is 0. The van der Waals surface area contributed by atoms with Crippen LogP contribution in [0.5, 0.6) is 0 Å². The van der Waals surface area contributed by atoms with E-state index >= 15 is 0 Å². The van der Waals surface area contributed by atoms with Gasteiger partial charge >= 0.3 is 0 Å². The molecule has 1 nitrogen and oxygen atoms in total. The number of hydrogen-bond donors (Lipinski definition) is 1. The maximum Gasteiger partial charge on any atom is 0.123 e. The van der Waals surface area contributed by atoms with Gasteiger partial charge in [-0.1, -0.05) is 42.5 Å². The van der Waals surface area contributed by atoms with E-state index in [0.717, 1.165) is 37.7 Å². The van der Waals surface area contributed by atoms with Gasteiger partial charge in [0.1, 0.15) is 5.82 Å². The van der Waals surface area contributed by atoms with Crippen LogP contribution >= 0.6 is 0 Å². The molecule has 3 rings (SSSR count). The smallest absolute Gasteiger partial charge is 0.123 e. The molecule has 1 aliphatic rings. The molecule has 0 atom stereocenters. The van der Waals surface area contributed by atoms with Crippen molar-refractivity contribution in [3.05, 3.63) is 71.5 Å². The van der Waals surface area contributed by atoms with Crippen LogP contribution in [0, 0.1) is 5.82 Å². The van der Waals surface area contributed by atoms with Crippen molar-refractivity contribution in [2.24, 2.45) is 5.73 Å². The molecule has 0 unspecified atom stereocenters. The van der Waals surface area contributed by atoms with Crippen LogP contribution in [0.3, 0.4) is 0 Å². The first-order valence-corrected chi connectivity index (χ1v) is 7.73. The SMILES string of the molecule is NC1(Cc2cccc(F)c2)CCC(c2ccccc2)CC1. The van der Waals surface area contributed by atoms with Gasteiger partial charge in [0.2, 0.25) is 0 Å². The predicted molar refractivity (Wildman–Crippen MR) is 84.7 cm³/mol. The van der Waals surface area contributed by atoms with Gasteiger partial charge < -0.3 is 5.73 Å². The highest BCUT2D eigenvalue weighted by atomic mass is 19.1. The fraction of sp³-hybridized carbons (Fsp3) is 0.368. The monoisotopic (exact) mass is 283 g/mol. The maximum absolute atomic E-state index is 13.3. The molecule has 0 bridgehead atoms. The molecule has 0 spiro atoms. The molecule has 0 heterocycles. The minimum Gasteiger partial charge on any atom is -0.325 e. The Bertz CT molecular complexity index is 586. The van der Waals surface area contributed by atoms with Gasteiger partial charge in [-0.3, -0.25) is 0 Å². The van der Waals surface area contributed by atoms with E-state index in [1.807, 2.05) is 6.07 Å². The molecular weight excluding hydrogens is 261 g/mol. The van der Waals surface area contributed by atoms with E-state index in [0.29, 0.717) is 5.92 Å². The lowest BCUT2D eigenvalue weighted by molar-refractivity contribution is 0.270. The Morgan fingerprint density at radius 3 is 2.38 bits per heavy atom. The Labute approximate surface area is 126 Å². The van der Waals surface area contributed by atoms with Crippen molar-refractivity contribution in [1.29, 1.82) is 0 Å². The lowest BCUT2D eigenvalue weighted by Gasteiger charge is -2.37. The summed E-state index contributed by atoms with van der Waals surface area (Å²) < 4.78 is 13.3. The zero-order valence-corrected chi connectivity index (χ0v) is 12.3. The second-order valence-corrected chi connectivity index (χ2v) is 6.35. The van der Waals surface area contributed by atoms with E-state index in [-0.39, 0.29) is 11.4 Å². The molecule has 1 fully saturated rings. The van der Waals surface area contributed by atoms with Crippen molar-refractivity contribution in [1.82, 2.24) is 0 Å². The standard InChI is InChI=1S/C19H22FN/c20-18-8-4-5-15(13-18)14-19(21)11-9-17(10-12-19)16-6-2-1-3-7-16/h1-8,13,17H,9-12,14,21H2. The number of nitrogens with two attached hydrogens (primary N) is 1. The van der Waals surface area contributed by atoms with Gasteiger partial charge in [-0.05, 0) is 61.3 Å². The number of benzene rings is 2. The minimum atomic E-state index is -0.181. The third kappa shape index (κ3) is 3.51. The fourth-order valence-electron chi connectivity index (χ4n) is 3.48. The highest BCUT2D eigenvalue weighted by molar-refractivity contribution is 5.23. The van der Waals surface area contributed by atoms with E-state index in [2.05, 4.69) is 30.3 Å². The quantitative estimate of drug-likeness (QED) is 0.886. The lowest BCUT2D eigenvalue weighted by atomic mass is 9.72. The van der Waals surface area contributed by atoms with Crippen molar-refractivity contribution in [3.8, 4) is 0 Å². The Kier molecular flexibility index (Phi) is 4.07. The van der Waals surface area contributed by atoms with Gasteiger partial charge in [-0.25, -0.2) is 4.39 Å². The third-order valence-corrected chi connectivity index (χ3v) is 4.70. The van der Waals surface area contributed by atoms with Gasteiger partial charge in [0, 0.05) is 5.54 Å². The van der Waals surface area contributed by atoms with E-state index in [1.54, 1.807) is 12.1 Å². The fourth-order valence-corrected chi connectivity index (χ4v) is 3.48. The third-order valence-electron chi connectivity index (χ3n) is 4.70. The van der Waals surface area contributed by atoms with Gasteiger partial charge in [0.05, 0.1) is 0 Å². The van der Waals surface area contributed by atoms with Crippen molar-refractivity contribution in [2.75, 3.05) is 0 Å². The summed E-state index contributed by atoms with van der Waals surface area (Å²) in [5.74, 6) is 0.449. The molecule has 0 radical (unpaired) electrons. The zero-order valence-electron chi connectivity index (χ0n) is 12.3. The molecule has 21 heavy (non-hydrogen) atoms. The average Bonchev–Trinajstić information content (AvgIpc) is 2.48. The molecule has 110 valence electrons. The maximum atomic E-state index is 13.3. The summed E-state index contributed by atoms with van der Waals surface area (Å²) in [4.78, 5) is 0. The van der Waals surface area contributed by atoms with E-state index in [4.69, 9.17) is 5.73 Å². The highest BCUT2D eigenvalue weighted by Crippen LogP contribution is 2.38. The van der Waals surface area contributed by atoms with Crippen molar-refractivity contribution < 1.29 is 4.39 Å². The van der Waals surface area contributed by atoms with Crippen LogP contribution < -0.4 is 5.73 Å². The van der Waals surface area contributed by atoms with Crippen molar-refractivity contribution in [2.45, 2.75) is 43.6 Å². The summed E-state index contributed by atoms with van der Waals surface area (Å²) in [6.45, 7) is 0. The Morgan fingerprint density at radius 2 is 1.71 bits per heavy atom. The Hall–Kier alpha value is -1.67. The molecule has 2 aromatic rings. The van der Waals surface area contributed by atoms with Crippen LogP contribution in [0.2, 0.25) is 0 Å². The van der Waals surface area contributed by atoms with Crippen LogP contribution in [0.15, 0.2) is 54.6 Å². The van der Waals surface area contributed by atoms with Gasteiger partial charge in [-0.15, -0.1) is 0 Å². The molecule has 0 aliphatic heterocycles. The summed E-state index contributed by atoms with van der Waals surface area (Å²) in [7, 11) is 0. The first-order valence-electron chi connectivity index (χ1n) is 7.73.